The summed E-state index contributed by atoms with van der Waals surface area (Å²) in [5.74, 6) is 0. The van der Waals surface area contributed by atoms with Crippen LogP contribution < -0.4 is 10.6 Å². The molecule has 0 aliphatic carbocycles. The van der Waals surface area contributed by atoms with Crippen LogP contribution >= 0.6 is 0 Å². The number of nitrogens with zero attached hydrogens (tertiary/aromatic N) is 1. The van der Waals surface area contributed by atoms with E-state index < -0.39 is 37.2 Å². The van der Waals surface area contributed by atoms with E-state index in [1.54, 1.807) is 13.2 Å². The smallest absolute Gasteiger partial charge is 0.325 e. The van der Waals surface area contributed by atoms with Gasteiger partial charge in [-0.05, 0) is 19.5 Å². The van der Waals surface area contributed by atoms with Crippen LogP contribution in [0.3, 0.4) is 0 Å². The van der Waals surface area contributed by atoms with Crippen molar-refractivity contribution in [2.45, 2.75) is 37.6 Å². The lowest BCUT2D eigenvalue weighted by Crippen LogP contribution is -2.57. The van der Waals surface area contributed by atoms with Crippen molar-refractivity contribution in [2.24, 2.45) is 0 Å². The maximum atomic E-state index is 11.9. The summed E-state index contributed by atoms with van der Waals surface area (Å²) in [5, 5.41) is 34.2. The van der Waals surface area contributed by atoms with Crippen molar-refractivity contribution >= 4 is 6.03 Å². The minimum atomic E-state index is -1.27. The molecule has 2 rings (SSSR count). The van der Waals surface area contributed by atoms with Crippen LogP contribution in [0.25, 0.3) is 0 Å². The van der Waals surface area contributed by atoms with E-state index in [9.17, 15) is 15.0 Å². The minimum absolute atomic E-state index is 0.277. The topological polar surface area (TPSA) is 114 Å². The normalized spacial score (nSPS) is 39.2. The fourth-order valence-corrected chi connectivity index (χ4v) is 2.26. The van der Waals surface area contributed by atoms with Gasteiger partial charge in [0.15, 0.2) is 6.23 Å². The summed E-state index contributed by atoms with van der Waals surface area (Å²) >= 11 is 0. The zero-order chi connectivity index (χ0) is 14.2. The second-order valence-corrected chi connectivity index (χ2v) is 4.68. The highest BCUT2D eigenvalue weighted by Crippen LogP contribution is 2.26. The molecule has 8 nitrogen and oxygen atoms in total. The molecule has 1 saturated heterocycles. The van der Waals surface area contributed by atoms with Crippen LogP contribution in [0.2, 0.25) is 0 Å². The molecule has 0 aromatic rings. The quantitative estimate of drug-likeness (QED) is 0.402. The molecule has 1 fully saturated rings. The Morgan fingerprint density at radius 1 is 1.47 bits per heavy atom. The Balaban J connectivity index is 2.18. The van der Waals surface area contributed by atoms with Crippen molar-refractivity contribution in [3.8, 4) is 0 Å². The van der Waals surface area contributed by atoms with Gasteiger partial charge in [0.25, 0.3) is 0 Å². The number of amides is 2. The van der Waals surface area contributed by atoms with Crippen molar-refractivity contribution in [3.63, 3.8) is 0 Å². The molecule has 8 heteroatoms. The third-order valence-electron chi connectivity index (χ3n) is 3.38. The highest BCUT2D eigenvalue weighted by Gasteiger charge is 2.47. The minimum Gasteiger partial charge on any atom is -0.394 e. The first kappa shape index (κ1) is 14.2. The second kappa shape index (κ2) is 5.43. The lowest BCUT2D eigenvalue weighted by atomic mass is 10.1. The van der Waals surface area contributed by atoms with E-state index in [1.165, 1.54) is 4.90 Å². The number of likely N-dealkylation sites (N-methyl/N-ethyl adjacent to an activating group) is 1. The lowest BCUT2D eigenvalue weighted by molar-refractivity contribution is -0.0666. The molecule has 2 amide bonds. The van der Waals surface area contributed by atoms with E-state index >= 15 is 0 Å². The van der Waals surface area contributed by atoms with Gasteiger partial charge in [0.1, 0.15) is 24.5 Å². The molecule has 19 heavy (non-hydrogen) atoms. The standard InChI is InChI=1S/C11H19N3O5/c1-5-3-14(11(18)13-9(5)12-2)10-8(17)7(16)6(4-15)19-10/h3,6-10,12,15-17H,4H2,1-2H3,(H,13,18)/t6-,7-,8-,9?,10-/m1/s1. The summed E-state index contributed by atoms with van der Waals surface area (Å²) in [6.07, 6.45) is -3.12. The number of nitrogens with one attached hydrogen (secondary N) is 2. The molecule has 5 N–H and O–H groups in total. The number of aliphatic hydroxyl groups is 3. The van der Waals surface area contributed by atoms with Crippen molar-refractivity contribution in [1.29, 1.82) is 0 Å². The summed E-state index contributed by atoms with van der Waals surface area (Å²) in [5.41, 5.74) is 0.833. The molecule has 0 aromatic heterocycles. The number of ether oxygens (including phenoxy) is 1. The third-order valence-corrected chi connectivity index (χ3v) is 3.38. The molecule has 2 aliphatic rings. The molecule has 0 bridgehead atoms. The summed E-state index contributed by atoms with van der Waals surface area (Å²) in [4.78, 5) is 13.1. The molecular formula is C11H19N3O5. The van der Waals surface area contributed by atoms with E-state index in [0.717, 1.165) is 5.57 Å². The van der Waals surface area contributed by atoms with Crippen LogP contribution in [0, 0.1) is 0 Å². The SMILES string of the molecule is CNC1NC(=O)N([C@@H]2O[C@H](CO)[C@@H](O)[C@H]2O)C=C1C. The summed E-state index contributed by atoms with van der Waals surface area (Å²) in [6, 6.07) is -0.445. The Hall–Kier alpha value is -1.19. The van der Waals surface area contributed by atoms with E-state index in [0.29, 0.717) is 0 Å². The largest absolute Gasteiger partial charge is 0.394 e. The number of urea groups is 1. The Morgan fingerprint density at radius 3 is 2.68 bits per heavy atom. The van der Waals surface area contributed by atoms with Crippen molar-refractivity contribution in [2.75, 3.05) is 13.7 Å². The predicted octanol–water partition coefficient (Wildman–Crippen LogP) is -2.10. The average Bonchev–Trinajstić information content (AvgIpc) is 2.68. The van der Waals surface area contributed by atoms with Gasteiger partial charge in [-0.3, -0.25) is 10.2 Å². The van der Waals surface area contributed by atoms with Crippen LogP contribution in [0.4, 0.5) is 4.79 Å². The summed E-state index contributed by atoms with van der Waals surface area (Å²) in [6.45, 7) is 1.39. The number of carbonyl (C=O) groups excluding carboxylic acids is 1. The molecule has 0 spiro atoms. The monoisotopic (exact) mass is 273 g/mol. The maximum Gasteiger partial charge on any atom is 0.325 e. The molecule has 2 heterocycles. The lowest BCUT2D eigenvalue weighted by Gasteiger charge is -2.34. The highest BCUT2D eigenvalue weighted by molar-refractivity contribution is 5.77. The molecule has 1 unspecified atom stereocenters. The Morgan fingerprint density at radius 2 is 2.16 bits per heavy atom. The fraction of sp³-hybridized carbons (Fsp3) is 0.727. The van der Waals surface area contributed by atoms with Gasteiger partial charge in [-0.15, -0.1) is 0 Å². The van der Waals surface area contributed by atoms with Crippen LogP contribution in [0.15, 0.2) is 11.8 Å². The van der Waals surface area contributed by atoms with E-state index in [1.807, 2.05) is 6.92 Å². The van der Waals surface area contributed by atoms with Crippen LogP contribution in [0.1, 0.15) is 6.92 Å². The fourth-order valence-electron chi connectivity index (χ4n) is 2.26. The second-order valence-electron chi connectivity index (χ2n) is 4.68. The van der Waals surface area contributed by atoms with Crippen LogP contribution in [-0.2, 0) is 4.74 Å². The zero-order valence-electron chi connectivity index (χ0n) is 10.8. The van der Waals surface area contributed by atoms with Crippen molar-refractivity contribution in [1.82, 2.24) is 15.5 Å². The van der Waals surface area contributed by atoms with E-state index in [2.05, 4.69) is 10.6 Å². The molecule has 2 aliphatic heterocycles. The van der Waals surface area contributed by atoms with Gasteiger partial charge in [0.05, 0.1) is 6.61 Å². The molecule has 5 atom stereocenters. The van der Waals surface area contributed by atoms with Gasteiger partial charge in [-0.1, -0.05) is 0 Å². The first-order valence-electron chi connectivity index (χ1n) is 6.06. The number of rotatable bonds is 3. The Labute approximate surface area is 110 Å². The molecule has 0 aromatic carbocycles. The number of carbonyl (C=O) groups is 1. The van der Waals surface area contributed by atoms with Crippen molar-refractivity contribution in [3.05, 3.63) is 11.8 Å². The zero-order valence-corrected chi connectivity index (χ0v) is 10.8. The van der Waals surface area contributed by atoms with Gasteiger partial charge in [-0.2, -0.15) is 0 Å². The third kappa shape index (κ3) is 2.45. The van der Waals surface area contributed by atoms with Crippen molar-refractivity contribution < 1.29 is 24.9 Å². The first-order valence-corrected chi connectivity index (χ1v) is 6.06. The Bertz CT molecular complexity index is 389. The molecule has 0 saturated carbocycles. The predicted molar refractivity (Wildman–Crippen MR) is 64.7 cm³/mol. The number of hydrogen-bond acceptors (Lipinski definition) is 6. The van der Waals surface area contributed by atoms with Crippen LogP contribution in [-0.4, -0.2) is 70.6 Å². The molecular weight excluding hydrogens is 254 g/mol. The molecule has 0 radical (unpaired) electrons. The van der Waals surface area contributed by atoms with Gasteiger partial charge in [0.2, 0.25) is 0 Å². The molecule has 108 valence electrons. The van der Waals surface area contributed by atoms with Gasteiger partial charge in [0, 0.05) is 6.20 Å². The van der Waals surface area contributed by atoms with Gasteiger partial charge >= 0.3 is 6.03 Å². The van der Waals surface area contributed by atoms with E-state index in [-0.39, 0.29) is 6.17 Å². The van der Waals surface area contributed by atoms with Gasteiger partial charge in [-0.25, -0.2) is 4.79 Å². The van der Waals surface area contributed by atoms with Crippen LogP contribution in [0.5, 0.6) is 0 Å². The first-order chi connectivity index (χ1) is 8.99. The number of hydrogen-bond donors (Lipinski definition) is 5. The Kier molecular flexibility index (Phi) is 4.07. The number of aliphatic hydroxyl groups excluding tert-OH is 3. The van der Waals surface area contributed by atoms with E-state index in [4.69, 9.17) is 9.84 Å². The average molecular weight is 273 g/mol. The highest BCUT2D eigenvalue weighted by atomic mass is 16.6. The summed E-state index contributed by atoms with van der Waals surface area (Å²) < 4.78 is 5.31. The maximum absolute atomic E-state index is 11.9. The van der Waals surface area contributed by atoms with Gasteiger partial charge < -0.3 is 25.4 Å². The summed E-state index contributed by atoms with van der Waals surface area (Å²) in [7, 11) is 1.71.